The number of rotatable bonds is 4. The Kier molecular flexibility index (Phi) is 3.60. The van der Waals surface area contributed by atoms with Gasteiger partial charge in [-0.3, -0.25) is 9.59 Å². The molecule has 0 spiro atoms. The second-order valence-corrected chi connectivity index (χ2v) is 3.70. The SMILES string of the molecule is CCOC(=O)Cc1c(N)nc(-c2ncc[nH]2)[nH]c1=O. The normalized spacial score (nSPS) is 10.4. The molecule has 2 heterocycles. The highest BCUT2D eigenvalue weighted by molar-refractivity contribution is 5.74. The third kappa shape index (κ3) is 2.79. The smallest absolute Gasteiger partial charge is 0.310 e. The van der Waals surface area contributed by atoms with Crippen LogP contribution in [0.25, 0.3) is 11.6 Å². The molecule has 0 bridgehead atoms. The van der Waals surface area contributed by atoms with Crippen molar-refractivity contribution in [2.24, 2.45) is 0 Å². The third-order valence-corrected chi connectivity index (χ3v) is 2.40. The lowest BCUT2D eigenvalue weighted by molar-refractivity contribution is -0.142. The minimum absolute atomic E-state index is 0.0109. The Balaban J connectivity index is 2.33. The van der Waals surface area contributed by atoms with Gasteiger partial charge >= 0.3 is 5.97 Å². The zero-order chi connectivity index (χ0) is 13.8. The Bertz CT molecular complexity index is 632. The number of hydrogen-bond donors (Lipinski definition) is 3. The van der Waals surface area contributed by atoms with Crippen LogP contribution >= 0.6 is 0 Å². The van der Waals surface area contributed by atoms with Crippen molar-refractivity contribution in [1.82, 2.24) is 19.9 Å². The van der Waals surface area contributed by atoms with Crippen LogP contribution in [0, 0.1) is 0 Å². The van der Waals surface area contributed by atoms with Gasteiger partial charge in [0.2, 0.25) is 0 Å². The molecule has 100 valence electrons. The van der Waals surface area contributed by atoms with Crippen molar-refractivity contribution in [2.75, 3.05) is 12.3 Å². The minimum atomic E-state index is -0.521. The average Bonchev–Trinajstić information content (AvgIpc) is 2.87. The Morgan fingerprint density at radius 1 is 1.47 bits per heavy atom. The first kappa shape index (κ1) is 12.8. The molecule has 0 amide bonds. The van der Waals surface area contributed by atoms with Crippen molar-refractivity contribution in [3.8, 4) is 11.6 Å². The summed E-state index contributed by atoms with van der Waals surface area (Å²) < 4.78 is 4.76. The van der Waals surface area contributed by atoms with Crippen LogP contribution in [0.5, 0.6) is 0 Å². The molecule has 0 fully saturated rings. The van der Waals surface area contributed by atoms with Gasteiger partial charge in [0.05, 0.1) is 18.6 Å². The summed E-state index contributed by atoms with van der Waals surface area (Å²) >= 11 is 0. The number of nitrogens with two attached hydrogens (primary N) is 1. The molecule has 2 rings (SSSR count). The van der Waals surface area contributed by atoms with Crippen molar-refractivity contribution < 1.29 is 9.53 Å². The van der Waals surface area contributed by atoms with Gasteiger partial charge in [-0.15, -0.1) is 0 Å². The second kappa shape index (κ2) is 5.34. The number of imidazole rings is 1. The number of esters is 1. The summed E-state index contributed by atoms with van der Waals surface area (Å²) in [5.41, 5.74) is 5.30. The predicted octanol–water partition coefficient (Wildman–Crippen LogP) is -0.152. The molecule has 0 aliphatic heterocycles. The number of carbonyl (C=O) groups is 1. The van der Waals surface area contributed by atoms with Crippen molar-refractivity contribution in [3.05, 3.63) is 28.3 Å². The van der Waals surface area contributed by atoms with Crippen LogP contribution < -0.4 is 11.3 Å². The van der Waals surface area contributed by atoms with E-state index in [2.05, 4.69) is 19.9 Å². The van der Waals surface area contributed by atoms with Gasteiger partial charge in [-0.05, 0) is 6.92 Å². The maximum absolute atomic E-state index is 11.9. The molecule has 0 unspecified atom stereocenters. The number of nitrogens with one attached hydrogen (secondary N) is 2. The lowest BCUT2D eigenvalue weighted by atomic mass is 10.2. The molecular formula is C11H13N5O3. The number of carbonyl (C=O) groups excluding carboxylic acids is 1. The van der Waals surface area contributed by atoms with E-state index in [1.54, 1.807) is 13.1 Å². The molecule has 19 heavy (non-hydrogen) atoms. The van der Waals surface area contributed by atoms with Gasteiger partial charge in [0, 0.05) is 12.4 Å². The van der Waals surface area contributed by atoms with Crippen molar-refractivity contribution in [2.45, 2.75) is 13.3 Å². The largest absolute Gasteiger partial charge is 0.466 e. The van der Waals surface area contributed by atoms with E-state index < -0.39 is 11.5 Å². The van der Waals surface area contributed by atoms with E-state index >= 15 is 0 Å². The Labute approximate surface area is 108 Å². The van der Waals surface area contributed by atoms with Crippen LogP contribution in [0.15, 0.2) is 17.2 Å². The van der Waals surface area contributed by atoms with Gasteiger partial charge in [-0.25, -0.2) is 9.97 Å². The maximum Gasteiger partial charge on any atom is 0.310 e. The summed E-state index contributed by atoms with van der Waals surface area (Å²) in [6.07, 6.45) is 2.91. The van der Waals surface area contributed by atoms with Crippen molar-refractivity contribution in [3.63, 3.8) is 0 Å². The molecule has 8 nitrogen and oxygen atoms in total. The van der Waals surface area contributed by atoms with Crippen LogP contribution in [-0.2, 0) is 16.0 Å². The van der Waals surface area contributed by atoms with E-state index in [-0.39, 0.29) is 30.2 Å². The molecule has 2 aromatic rings. The average molecular weight is 263 g/mol. The van der Waals surface area contributed by atoms with Gasteiger partial charge in [0.15, 0.2) is 11.6 Å². The molecular weight excluding hydrogens is 250 g/mol. The topological polar surface area (TPSA) is 127 Å². The molecule has 0 aromatic carbocycles. The lowest BCUT2D eigenvalue weighted by Crippen LogP contribution is -2.22. The van der Waals surface area contributed by atoms with Crippen LogP contribution in [-0.4, -0.2) is 32.5 Å². The van der Waals surface area contributed by atoms with E-state index in [9.17, 15) is 9.59 Å². The van der Waals surface area contributed by atoms with Gasteiger partial charge in [0.25, 0.3) is 5.56 Å². The molecule has 0 saturated carbocycles. The number of nitrogens with zero attached hydrogens (tertiary/aromatic N) is 2. The van der Waals surface area contributed by atoms with Crippen molar-refractivity contribution >= 4 is 11.8 Å². The Morgan fingerprint density at radius 2 is 2.26 bits per heavy atom. The van der Waals surface area contributed by atoms with Crippen LogP contribution in [0.3, 0.4) is 0 Å². The quantitative estimate of drug-likeness (QED) is 0.658. The number of aromatic nitrogens is 4. The third-order valence-electron chi connectivity index (χ3n) is 2.40. The summed E-state index contributed by atoms with van der Waals surface area (Å²) in [5, 5.41) is 0. The molecule has 0 aliphatic rings. The number of ether oxygens (including phenoxy) is 1. The van der Waals surface area contributed by atoms with Crippen LogP contribution in [0.4, 0.5) is 5.82 Å². The van der Waals surface area contributed by atoms with Gasteiger partial charge in [-0.2, -0.15) is 0 Å². The first-order valence-electron chi connectivity index (χ1n) is 5.65. The summed E-state index contributed by atoms with van der Waals surface area (Å²) in [6.45, 7) is 1.93. The summed E-state index contributed by atoms with van der Waals surface area (Å²) in [6, 6.07) is 0. The highest BCUT2D eigenvalue weighted by Crippen LogP contribution is 2.11. The highest BCUT2D eigenvalue weighted by atomic mass is 16.5. The number of nitrogen functional groups attached to an aromatic ring is 1. The maximum atomic E-state index is 11.9. The van der Waals surface area contributed by atoms with Gasteiger partial charge in [-0.1, -0.05) is 0 Å². The number of anilines is 1. The molecule has 4 N–H and O–H groups in total. The number of aromatic amines is 2. The summed E-state index contributed by atoms with van der Waals surface area (Å²) in [5.74, 6) is 0.0852. The zero-order valence-electron chi connectivity index (χ0n) is 10.3. The van der Waals surface area contributed by atoms with Crippen LogP contribution in [0.1, 0.15) is 12.5 Å². The van der Waals surface area contributed by atoms with E-state index in [1.807, 2.05) is 0 Å². The standard InChI is InChI=1S/C11H13N5O3/c1-2-19-7(17)5-6-8(12)15-10(16-11(6)18)9-13-3-4-14-9/h3-4H,2,5H2,1H3,(H,13,14)(H3,12,15,16,18). The highest BCUT2D eigenvalue weighted by Gasteiger charge is 2.15. The minimum Gasteiger partial charge on any atom is -0.466 e. The van der Waals surface area contributed by atoms with Crippen molar-refractivity contribution in [1.29, 1.82) is 0 Å². The van der Waals surface area contributed by atoms with Gasteiger partial charge < -0.3 is 20.4 Å². The molecule has 0 saturated heterocycles. The first-order chi connectivity index (χ1) is 9.11. The first-order valence-corrected chi connectivity index (χ1v) is 5.65. The monoisotopic (exact) mass is 263 g/mol. The van der Waals surface area contributed by atoms with Gasteiger partial charge in [0.1, 0.15) is 5.82 Å². The van der Waals surface area contributed by atoms with E-state index in [0.29, 0.717) is 5.82 Å². The molecule has 0 radical (unpaired) electrons. The summed E-state index contributed by atoms with van der Waals surface area (Å²) in [7, 11) is 0. The fourth-order valence-electron chi connectivity index (χ4n) is 1.55. The predicted molar refractivity (Wildman–Crippen MR) is 67.2 cm³/mol. The van der Waals surface area contributed by atoms with E-state index in [1.165, 1.54) is 6.20 Å². The molecule has 8 heteroatoms. The van der Waals surface area contributed by atoms with E-state index in [0.717, 1.165) is 0 Å². The summed E-state index contributed by atoms with van der Waals surface area (Å²) in [4.78, 5) is 36.5. The second-order valence-electron chi connectivity index (χ2n) is 3.70. The Morgan fingerprint density at radius 3 is 2.84 bits per heavy atom. The molecule has 0 atom stereocenters. The number of hydrogen-bond acceptors (Lipinski definition) is 6. The van der Waals surface area contributed by atoms with E-state index in [4.69, 9.17) is 10.5 Å². The van der Waals surface area contributed by atoms with Crippen LogP contribution in [0.2, 0.25) is 0 Å². The molecule has 0 aliphatic carbocycles. The lowest BCUT2D eigenvalue weighted by Gasteiger charge is -2.05. The zero-order valence-corrected chi connectivity index (χ0v) is 10.3. The number of H-pyrrole nitrogens is 2. The fourth-order valence-corrected chi connectivity index (χ4v) is 1.55. The fraction of sp³-hybridized carbons (Fsp3) is 0.273. The molecule has 2 aromatic heterocycles. The Hall–Kier alpha value is -2.64.